The summed E-state index contributed by atoms with van der Waals surface area (Å²) >= 11 is 0. The van der Waals surface area contributed by atoms with Gasteiger partial charge in [0.1, 0.15) is 13.2 Å². The van der Waals surface area contributed by atoms with Gasteiger partial charge in [-0.1, -0.05) is 6.92 Å². The smallest absolute Gasteiger partial charge is 0.338 e. The summed E-state index contributed by atoms with van der Waals surface area (Å²) in [6, 6.07) is 12.6. The van der Waals surface area contributed by atoms with Crippen molar-refractivity contribution < 1.29 is 23.8 Å². The zero-order valence-electron chi connectivity index (χ0n) is 17.1. The van der Waals surface area contributed by atoms with Gasteiger partial charge in [-0.25, -0.2) is 4.79 Å². The molecule has 158 valence electrons. The van der Waals surface area contributed by atoms with E-state index in [0.717, 1.165) is 24.7 Å². The highest BCUT2D eigenvalue weighted by Crippen LogP contribution is 2.31. The molecule has 1 saturated heterocycles. The third-order valence-corrected chi connectivity index (χ3v) is 5.41. The van der Waals surface area contributed by atoms with Crippen LogP contribution in [-0.4, -0.2) is 44.8 Å². The molecule has 4 rings (SSSR count). The van der Waals surface area contributed by atoms with E-state index in [1.807, 2.05) is 24.3 Å². The Morgan fingerprint density at radius 3 is 2.47 bits per heavy atom. The molecule has 2 aliphatic heterocycles. The summed E-state index contributed by atoms with van der Waals surface area (Å²) < 4.78 is 16.0. The average molecular weight is 410 g/mol. The van der Waals surface area contributed by atoms with E-state index in [-0.39, 0.29) is 12.5 Å². The van der Waals surface area contributed by atoms with Gasteiger partial charge in [0.25, 0.3) is 5.91 Å². The first-order valence-electron chi connectivity index (χ1n) is 10.3. The van der Waals surface area contributed by atoms with E-state index in [4.69, 9.17) is 14.2 Å². The molecule has 30 heavy (non-hydrogen) atoms. The predicted octanol–water partition coefficient (Wildman–Crippen LogP) is 3.49. The molecule has 0 spiro atoms. The van der Waals surface area contributed by atoms with Crippen LogP contribution in [0.1, 0.15) is 30.1 Å². The van der Waals surface area contributed by atoms with Crippen LogP contribution < -0.4 is 19.7 Å². The van der Waals surface area contributed by atoms with E-state index >= 15 is 0 Å². The average Bonchev–Trinajstić information content (AvgIpc) is 2.78. The summed E-state index contributed by atoms with van der Waals surface area (Å²) in [6.45, 7) is 4.96. The Bertz CT molecular complexity index is 904. The first-order chi connectivity index (χ1) is 14.6. The number of anilines is 2. The van der Waals surface area contributed by atoms with Gasteiger partial charge in [0.15, 0.2) is 18.1 Å². The van der Waals surface area contributed by atoms with Gasteiger partial charge < -0.3 is 24.4 Å². The van der Waals surface area contributed by atoms with Crippen LogP contribution in [-0.2, 0) is 9.53 Å². The van der Waals surface area contributed by atoms with Crippen LogP contribution in [0.2, 0.25) is 0 Å². The lowest BCUT2D eigenvalue weighted by molar-refractivity contribution is -0.119. The van der Waals surface area contributed by atoms with E-state index in [9.17, 15) is 9.59 Å². The van der Waals surface area contributed by atoms with Crippen molar-refractivity contribution in [3.8, 4) is 11.5 Å². The van der Waals surface area contributed by atoms with Crippen LogP contribution in [0.5, 0.6) is 11.5 Å². The van der Waals surface area contributed by atoms with Gasteiger partial charge in [-0.15, -0.1) is 0 Å². The van der Waals surface area contributed by atoms with E-state index < -0.39 is 5.97 Å². The van der Waals surface area contributed by atoms with E-state index in [1.165, 1.54) is 12.8 Å². The van der Waals surface area contributed by atoms with Gasteiger partial charge in [-0.3, -0.25) is 4.79 Å². The van der Waals surface area contributed by atoms with Crippen molar-refractivity contribution >= 4 is 23.3 Å². The minimum absolute atomic E-state index is 0.312. The van der Waals surface area contributed by atoms with Crippen LogP contribution in [0.3, 0.4) is 0 Å². The summed E-state index contributed by atoms with van der Waals surface area (Å²) in [4.78, 5) is 26.7. The number of nitrogens with zero attached hydrogens (tertiary/aromatic N) is 1. The summed E-state index contributed by atoms with van der Waals surface area (Å²) in [5, 5.41) is 2.76. The van der Waals surface area contributed by atoms with E-state index in [0.29, 0.717) is 36.0 Å². The molecule has 0 aromatic heterocycles. The number of piperidine rings is 1. The second kappa shape index (κ2) is 9.07. The molecule has 2 heterocycles. The highest BCUT2D eigenvalue weighted by Gasteiger charge is 2.18. The summed E-state index contributed by atoms with van der Waals surface area (Å²) in [7, 11) is 0. The standard InChI is InChI=1S/C23H26N2O5/c1-16-8-10-25(11-9-16)19-5-3-18(4-6-19)24-22(26)15-30-23(27)17-2-7-20-21(14-17)29-13-12-28-20/h2-7,14,16H,8-13,15H2,1H3,(H,24,26). The minimum Gasteiger partial charge on any atom is -0.486 e. The highest BCUT2D eigenvalue weighted by molar-refractivity contribution is 5.95. The number of hydrogen-bond acceptors (Lipinski definition) is 6. The molecule has 0 aliphatic carbocycles. The molecular formula is C23H26N2O5. The molecule has 0 unspecified atom stereocenters. The number of amides is 1. The first kappa shape index (κ1) is 20.1. The number of ether oxygens (including phenoxy) is 3. The number of benzene rings is 2. The summed E-state index contributed by atoms with van der Waals surface area (Å²) in [5.74, 6) is 0.906. The fourth-order valence-electron chi connectivity index (χ4n) is 3.60. The van der Waals surface area contributed by atoms with Crippen LogP contribution in [0.4, 0.5) is 11.4 Å². The van der Waals surface area contributed by atoms with Gasteiger partial charge in [-0.05, 0) is 61.2 Å². The predicted molar refractivity (Wildman–Crippen MR) is 113 cm³/mol. The molecule has 2 aliphatic rings. The molecule has 1 fully saturated rings. The van der Waals surface area contributed by atoms with Crippen molar-refractivity contribution in [2.24, 2.45) is 5.92 Å². The van der Waals surface area contributed by atoms with Crippen molar-refractivity contribution in [3.05, 3.63) is 48.0 Å². The third kappa shape index (κ3) is 4.84. The largest absolute Gasteiger partial charge is 0.486 e. The topological polar surface area (TPSA) is 77.1 Å². The lowest BCUT2D eigenvalue weighted by Crippen LogP contribution is -2.32. The van der Waals surface area contributed by atoms with Crippen molar-refractivity contribution in [1.82, 2.24) is 0 Å². The Hall–Kier alpha value is -3.22. The molecule has 1 amide bonds. The van der Waals surface area contributed by atoms with Crippen LogP contribution >= 0.6 is 0 Å². The van der Waals surface area contributed by atoms with Gasteiger partial charge in [-0.2, -0.15) is 0 Å². The Morgan fingerprint density at radius 1 is 1.03 bits per heavy atom. The number of hydrogen-bond donors (Lipinski definition) is 1. The van der Waals surface area contributed by atoms with Crippen molar-refractivity contribution in [3.63, 3.8) is 0 Å². The van der Waals surface area contributed by atoms with Crippen molar-refractivity contribution in [2.45, 2.75) is 19.8 Å². The summed E-state index contributed by atoms with van der Waals surface area (Å²) in [6.07, 6.45) is 2.40. The molecule has 7 nitrogen and oxygen atoms in total. The molecule has 0 radical (unpaired) electrons. The van der Waals surface area contributed by atoms with E-state index in [1.54, 1.807) is 18.2 Å². The first-order valence-corrected chi connectivity index (χ1v) is 10.3. The maximum absolute atomic E-state index is 12.2. The van der Waals surface area contributed by atoms with Crippen LogP contribution in [0, 0.1) is 5.92 Å². The van der Waals surface area contributed by atoms with Crippen LogP contribution in [0.25, 0.3) is 0 Å². The van der Waals surface area contributed by atoms with Gasteiger partial charge in [0.05, 0.1) is 5.56 Å². The van der Waals surface area contributed by atoms with Gasteiger partial charge >= 0.3 is 5.97 Å². The van der Waals surface area contributed by atoms with Gasteiger partial charge in [0.2, 0.25) is 0 Å². The SMILES string of the molecule is CC1CCN(c2ccc(NC(=O)COC(=O)c3ccc4c(c3)OCCO4)cc2)CC1. The molecule has 1 N–H and O–H groups in total. The summed E-state index contributed by atoms with van der Waals surface area (Å²) in [5.41, 5.74) is 2.14. The number of carbonyl (C=O) groups is 2. The number of fused-ring (bicyclic) bond motifs is 1. The molecule has 2 aromatic rings. The molecule has 0 saturated carbocycles. The second-order valence-corrected chi connectivity index (χ2v) is 7.70. The number of nitrogens with one attached hydrogen (secondary N) is 1. The van der Waals surface area contributed by atoms with Crippen molar-refractivity contribution in [1.29, 1.82) is 0 Å². The van der Waals surface area contributed by atoms with Crippen LogP contribution in [0.15, 0.2) is 42.5 Å². The van der Waals surface area contributed by atoms with Crippen molar-refractivity contribution in [2.75, 3.05) is 43.1 Å². The van der Waals surface area contributed by atoms with E-state index in [2.05, 4.69) is 17.1 Å². The Balaban J connectivity index is 1.27. The fraction of sp³-hybridized carbons (Fsp3) is 0.391. The quantitative estimate of drug-likeness (QED) is 0.761. The zero-order valence-corrected chi connectivity index (χ0v) is 17.1. The Kier molecular flexibility index (Phi) is 6.07. The fourth-order valence-corrected chi connectivity index (χ4v) is 3.60. The third-order valence-electron chi connectivity index (χ3n) is 5.41. The number of carbonyl (C=O) groups excluding carboxylic acids is 2. The highest BCUT2D eigenvalue weighted by atomic mass is 16.6. The number of esters is 1. The Morgan fingerprint density at radius 2 is 1.73 bits per heavy atom. The lowest BCUT2D eigenvalue weighted by Gasteiger charge is -2.32. The molecule has 0 bridgehead atoms. The molecule has 2 aromatic carbocycles. The molecule has 7 heteroatoms. The van der Waals surface area contributed by atoms with Gasteiger partial charge in [0, 0.05) is 24.5 Å². The lowest BCUT2D eigenvalue weighted by atomic mass is 9.99. The normalized spacial score (nSPS) is 16.1. The maximum Gasteiger partial charge on any atom is 0.338 e. The minimum atomic E-state index is -0.586. The second-order valence-electron chi connectivity index (χ2n) is 7.70. The Labute approximate surface area is 175 Å². The molecular weight excluding hydrogens is 384 g/mol. The maximum atomic E-state index is 12.2. The zero-order chi connectivity index (χ0) is 20.9. The monoisotopic (exact) mass is 410 g/mol. The number of rotatable bonds is 5. The molecule has 0 atom stereocenters.